The van der Waals surface area contributed by atoms with Crippen molar-refractivity contribution in [2.75, 3.05) is 61.6 Å². The number of hydrogen-bond acceptors (Lipinski definition) is 12. The van der Waals surface area contributed by atoms with Crippen LogP contribution in [0.2, 0.25) is 0 Å². The Bertz CT molecular complexity index is 3350. The number of rotatable bonds is 12. The molecule has 0 radical (unpaired) electrons. The van der Waals surface area contributed by atoms with Gasteiger partial charge in [0.05, 0.1) is 41.8 Å². The van der Waals surface area contributed by atoms with Crippen LogP contribution in [-0.2, 0) is 29.6 Å². The number of halogens is 1. The number of piperazine rings is 1. The number of aryl methyl sites for hydroxylation is 1. The predicted molar refractivity (Wildman–Crippen MR) is 277 cm³/mol. The molecule has 3 aromatic carbocycles. The number of fused-ring (bicyclic) bond motifs is 3. The molecule has 0 spiro atoms. The van der Waals surface area contributed by atoms with Crippen molar-refractivity contribution in [1.82, 2.24) is 44.2 Å². The van der Waals surface area contributed by atoms with Crippen LogP contribution in [0.3, 0.4) is 0 Å². The first-order valence-electron chi connectivity index (χ1n) is 25.6. The fraction of sp³-hybridized carbons (Fsp3) is 0.400. The first-order chi connectivity index (χ1) is 35.5. The Morgan fingerprint density at radius 2 is 1.68 bits per heavy atom. The molecule has 2 saturated heterocycles. The van der Waals surface area contributed by atoms with E-state index < -0.39 is 30.1 Å². The van der Waals surface area contributed by atoms with Crippen LogP contribution in [-0.4, -0.2) is 116 Å². The summed E-state index contributed by atoms with van der Waals surface area (Å²) in [6, 6.07) is 26.2. The molecule has 3 aliphatic heterocycles. The van der Waals surface area contributed by atoms with Crippen molar-refractivity contribution in [3.63, 3.8) is 0 Å². The second-order valence-electron chi connectivity index (χ2n) is 20.4. The van der Waals surface area contributed by atoms with Crippen molar-refractivity contribution in [3.8, 4) is 17.0 Å². The maximum Gasteiger partial charge on any atom is 0.329 e. The van der Waals surface area contributed by atoms with Crippen LogP contribution in [0.25, 0.3) is 27.9 Å². The number of nitrogens with one attached hydrogen (secondary N) is 2. The molecule has 18 heteroatoms. The quantitative estimate of drug-likeness (QED) is 0.129. The lowest BCUT2D eigenvalue weighted by Crippen LogP contribution is -2.51. The first-order valence-corrected chi connectivity index (χ1v) is 25.6. The lowest BCUT2D eigenvalue weighted by molar-refractivity contribution is -0.135. The molecule has 2 saturated carbocycles. The zero-order chi connectivity index (χ0) is 50.1. The summed E-state index contributed by atoms with van der Waals surface area (Å²) in [6.45, 7) is 5.05. The Balaban J connectivity index is 0.727. The van der Waals surface area contributed by atoms with Gasteiger partial charge >= 0.3 is 5.69 Å². The molecular formula is C55H59FN12O5. The van der Waals surface area contributed by atoms with Gasteiger partial charge in [0.25, 0.3) is 5.91 Å². The summed E-state index contributed by atoms with van der Waals surface area (Å²) in [5.74, 6) is 0.726. The van der Waals surface area contributed by atoms with E-state index in [-0.39, 0.29) is 23.7 Å². The monoisotopic (exact) mass is 986 g/mol. The zero-order valence-electron chi connectivity index (χ0n) is 41.3. The van der Waals surface area contributed by atoms with Crippen LogP contribution in [0, 0.1) is 0 Å². The average Bonchev–Trinajstić information content (AvgIpc) is 3.68. The molecule has 2 aliphatic carbocycles. The maximum absolute atomic E-state index is 13.9. The highest BCUT2D eigenvalue weighted by Gasteiger charge is 2.40. The molecule has 73 heavy (non-hydrogen) atoms. The summed E-state index contributed by atoms with van der Waals surface area (Å²) in [5.41, 5.74) is 10.6. The van der Waals surface area contributed by atoms with Gasteiger partial charge in [-0.2, -0.15) is 0 Å². The van der Waals surface area contributed by atoms with E-state index in [9.17, 15) is 23.6 Å². The summed E-state index contributed by atoms with van der Waals surface area (Å²) < 4.78 is 24.1. The van der Waals surface area contributed by atoms with Crippen molar-refractivity contribution in [2.24, 2.45) is 7.05 Å². The van der Waals surface area contributed by atoms with E-state index in [2.05, 4.69) is 77.7 Å². The molecule has 3 amide bonds. The van der Waals surface area contributed by atoms with Crippen LogP contribution in [0.5, 0.6) is 5.75 Å². The molecule has 0 bridgehead atoms. The Morgan fingerprint density at radius 3 is 2.44 bits per heavy atom. The number of anilines is 4. The van der Waals surface area contributed by atoms with E-state index in [0.717, 1.165) is 109 Å². The summed E-state index contributed by atoms with van der Waals surface area (Å²) >= 11 is 0. The molecule has 5 aliphatic rings. The Hall–Kier alpha value is -7.60. The van der Waals surface area contributed by atoms with Crippen molar-refractivity contribution >= 4 is 57.3 Å². The fourth-order valence-corrected chi connectivity index (χ4v) is 11.8. The minimum atomic E-state index is -1.04. The molecule has 1 unspecified atom stereocenters. The van der Waals surface area contributed by atoms with Crippen molar-refractivity contribution in [2.45, 2.75) is 88.1 Å². The molecule has 7 heterocycles. The van der Waals surface area contributed by atoms with E-state index in [1.807, 2.05) is 49.6 Å². The van der Waals surface area contributed by atoms with Gasteiger partial charge in [-0.25, -0.2) is 18.7 Å². The number of carbonyl (C=O) groups is 3. The molecule has 17 nitrogen and oxygen atoms in total. The van der Waals surface area contributed by atoms with E-state index >= 15 is 0 Å². The molecule has 2 N–H and O–H groups in total. The number of amides is 3. The lowest BCUT2D eigenvalue weighted by atomic mass is 9.81. The number of aromatic nitrogens is 6. The smallest absolute Gasteiger partial charge is 0.329 e. The minimum absolute atomic E-state index is 0.218. The van der Waals surface area contributed by atoms with Crippen molar-refractivity contribution in [1.29, 1.82) is 0 Å². The number of imidazole rings is 2. The van der Waals surface area contributed by atoms with E-state index in [4.69, 9.17) is 14.8 Å². The van der Waals surface area contributed by atoms with Gasteiger partial charge in [-0.15, -0.1) is 5.10 Å². The standard InChI is InChI=1S/C55H59FN12O5/c1-62(32-33-7-14-38(73-3)15-8-33)48-30-50(61-68-49(31-58-52(48)68)54(71)59-43-29-41(43)56)66-22-20-40-39(5-4-6-44(40)66)42-28-37(19-21-57-42)65-25-23-64(24-26-65)36-12-9-34(10-13-36)35-11-16-45-47(27-35)63(2)55(72)67(45)46-17-18-51(69)60-53(46)70/h4-8,11,14-16,19,21,27-28,30-31,34,36,41,43,46H,9-10,12-13,17-18,20,22-26,29,32H2,1-3H3,(H,59,71)(H,60,69,70)/t34-,36-,41-,43+,46?/m0/s1. The molecule has 4 fully saturated rings. The maximum atomic E-state index is 13.9. The van der Waals surface area contributed by atoms with Gasteiger partial charge in [0.15, 0.2) is 17.2 Å². The van der Waals surface area contributed by atoms with Gasteiger partial charge in [0, 0.05) is 101 Å². The van der Waals surface area contributed by atoms with Gasteiger partial charge in [0.2, 0.25) is 11.8 Å². The van der Waals surface area contributed by atoms with Crippen LogP contribution >= 0.6 is 0 Å². The van der Waals surface area contributed by atoms with Crippen molar-refractivity contribution < 1.29 is 23.5 Å². The van der Waals surface area contributed by atoms with Gasteiger partial charge < -0.3 is 24.8 Å². The van der Waals surface area contributed by atoms with E-state index in [1.54, 1.807) is 27.8 Å². The number of nitrogens with zero attached hydrogens (tertiary/aromatic N) is 10. The first kappa shape index (κ1) is 46.5. The van der Waals surface area contributed by atoms with Gasteiger partial charge in [-0.05, 0) is 104 Å². The van der Waals surface area contributed by atoms with Crippen molar-refractivity contribution in [3.05, 3.63) is 124 Å². The Kier molecular flexibility index (Phi) is 12.0. The molecule has 3 atom stereocenters. The third-order valence-corrected chi connectivity index (χ3v) is 16.0. The topological polar surface area (TPSA) is 167 Å². The van der Waals surface area contributed by atoms with E-state index in [1.165, 1.54) is 17.3 Å². The van der Waals surface area contributed by atoms with Crippen LogP contribution in [0.4, 0.5) is 27.3 Å². The fourth-order valence-electron chi connectivity index (χ4n) is 11.8. The number of alkyl halides is 1. The molecular weight excluding hydrogens is 928 g/mol. The highest BCUT2D eigenvalue weighted by atomic mass is 19.1. The van der Waals surface area contributed by atoms with Gasteiger partial charge in [-0.1, -0.05) is 30.3 Å². The largest absolute Gasteiger partial charge is 0.497 e. The van der Waals surface area contributed by atoms with Gasteiger partial charge in [0.1, 0.15) is 18.0 Å². The number of methoxy groups -OCH3 is 1. The summed E-state index contributed by atoms with van der Waals surface area (Å²) in [6.07, 6.45) is 8.39. The van der Waals surface area contributed by atoms with Crippen LogP contribution < -0.4 is 35.8 Å². The lowest BCUT2D eigenvalue weighted by Gasteiger charge is -2.42. The second-order valence-corrected chi connectivity index (χ2v) is 20.4. The number of ether oxygens (including phenoxy) is 1. The summed E-state index contributed by atoms with van der Waals surface area (Å²) in [7, 11) is 5.41. The summed E-state index contributed by atoms with van der Waals surface area (Å²) in [5, 5.41) is 10.3. The molecule has 4 aromatic heterocycles. The van der Waals surface area contributed by atoms with E-state index in [0.29, 0.717) is 49.4 Å². The average molecular weight is 987 g/mol. The number of hydrogen-bond donors (Lipinski definition) is 2. The number of piperidine rings is 1. The normalized spacial score (nSPS) is 22.2. The van der Waals surface area contributed by atoms with Crippen LogP contribution in [0.1, 0.15) is 84.1 Å². The second kappa shape index (κ2) is 18.8. The highest BCUT2D eigenvalue weighted by molar-refractivity contribution is 6.00. The number of benzene rings is 3. The minimum Gasteiger partial charge on any atom is -0.497 e. The zero-order valence-corrected chi connectivity index (χ0v) is 41.3. The third kappa shape index (κ3) is 8.64. The molecule has 12 rings (SSSR count). The molecule has 7 aromatic rings. The summed E-state index contributed by atoms with van der Waals surface area (Å²) in [4.78, 5) is 70.5. The highest BCUT2D eigenvalue weighted by Crippen LogP contribution is 2.42. The SMILES string of the molecule is COc1ccc(CN(C)c2cc(N3CCc4c(-c5cc(N6CCN([C@H]7CC[C@H](c8ccc9c(c8)n(C)c(=O)n9C8CCC(=O)NC8=O)CC7)CC6)ccn5)cccc43)nn3c(C(=O)N[C@@H]4C[C@@H]4F)cnc23)cc1. The molecule has 376 valence electrons. The number of carbonyl (C=O) groups excluding carboxylic acids is 3. The number of imide groups is 1. The third-order valence-electron chi connectivity index (χ3n) is 16.0. The van der Waals surface area contributed by atoms with Crippen LogP contribution in [0.15, 0.2) is 96.1 Å². The number of pyridine rings is 1. The van der Waals surface area contributed by atoms with Gasteiger partial charge in [-0.3, -0.25) is 38.7 Å². The Morgan fingerprint density at radius 1 is 0.890 bits per heavy atom. The Labute approximate surface area is 421 Å². The predicted octanol–water partition coefficient (Wildman–Crippen LogP) is 6.45.